The number of hydrogen-bond acceptors (Lipinski definition) is 6. The third kappa shape index (κ3) is 5.12. The zero-order valence-corrected chi connectivity index (χ0v) is 15.5. The average molecular weight is 410 g/mol. The highest BCUT2D eigenvalue weighted by Gasteiger charge is 2.31. The van der Waals surface area contributed by atoms with Crippen LogP contribution in [-0.4, -0.2) is 39.6 Å². The van der Waals surface area contributed by atoms with E-state index in [0.717, 1.165) is 5.06 Å². The summed E-state index contributed by atoms with van der Waals surface area (Å²) in [5.74, 6) is -0.805. The lowest BCUT2D eigenvalue weighted by atomic mass is 10.2. The summed E-state index contributed by atoms with van der Waals surface area (Å²) in [6.45, 7) is 1.93. The molecule has 0 saturated heterocycles. The Balaban J connectivity index is 1.73. The average Bonchev–Trinajstić information content (AvgIpc) is 3.07. The van der Waals surface area contributed by atoms with Gasteiger partial charge in [0.25, 0.3) is 11.8 Å². The van der Waals surface area contributed by atoms with E-state index in [9.17, 15) is 22.8 Å². The number of nitrogens with zero attached hydrogens (tertiary/aromatic N) is 3. The van der Waals surface area contributed by atoms with Crippen LogP contribution in [0.4, 0.5) is 19.0 Å². The normalized spacial score (nSPS) is 12.9. The largest absolute Gasteiger partial charge is 0.468 e. The maximum Gasteiger partial charge on any atom is 0.422 e. The van der Waals surface area contributed by atoms with Crippen LogP contribution in [0.3, 0.4) is 0 Å². The van der Waals surface area contributed by atoms with Crippen molar-refractivity contribution in [2.45, 2.75) is 33.0 Å². The van der Waals surface area contributed by atoms with Gasteiger partial charge in [-0.15, -0.1) is 0 Å². The lowest BCUT2D eigenvalue weighted by Gasteiger charge is -2.15. The molecular formula is C18H17F3N4O4. The fourth-order valence-corrected chi connectivity index (χ4v) is 2.52. The van der Waals surface area contributed by atoms with E-state index in [0.29, 0.717) is 11.3 Å². The Morgan fingerprint density at radius 3 is 2.72 bits per heavy atom. The number of ether oxygens (including phenoxy) is 1. The van der Waals surface area contributed by atoms with Crippen LogP contribution in [0.25, 0.3) is 0 Å². The van der Waals surface area contributed by atoms with Gasteiger partial charge in [-0.05, 0) is 25.1 Å². The number of aryl methyl sites for hydroxylation is 1. The second kappa shape index (κ2) is 7.94. The molecule has 0 saturated carbocycles. The molecule has 1 aliphatic rings. The predicted octanol–water partition coefficient (Wildman–Crippen LogP) is 3.02. The monoisotopic (exact) mass is 410 g/mol. The minimum absolute atomic E-state index is 0.0108. The summed E-state index contributed by atoms with van der Waals surface area (Å²) in [7, 11) is 0. The second-order valence-electron chi connectivity index (χ2n) is 6.23. The fraction of sp³-hybridized carbons (Fsp3) is 0.333. The summed E-state index contributed by atoms with van der Waals surface area (Å²) in [6.07, 6.45) is -4.23. The highest BCUT2D eigenvalue weighted by Crippen LogP contribution is 2.30. The summed E-state index contributed by atoms with van der Waals surface area (Å²) in [5, 5.41) is 3.61. The molecule has 11 heteroatoms. The number of fused-ring (bicyclic) bond motifs is 1. The van der Waals surface area contributed by atoms with Crippen molar-refractivity contribution in [3.63, 3.8) is 0 Å². The van der Waals surface area contributed by atoms with Crippen LogP contribution >= 0.6 is 0 Å². The van der Waals surface area contributed by atoms with E-state index < -0.39 is 18.7 Å². The molecule has 2 aromatic rings. The van der Waals surface area contributed by atoms with Crippen molar-refractivity contribution in [2.75, 3.05) is 11.9 Å². The maximum absolute atomic E-state index is 12.8. The number of hydroxylamine groups is 2. The molecule has 0 aliphatic carbocycles. The first kappa shape index (κ1) is 20.4. The van der Waals surface area contributed by atoms with Crippen LogP contribution in [0.15, 0.2) is 24.3 Å². The molecule has 0 spiro atoms. The number of amides is 2. The zero-order valence-electron chi connectivity index (χ0n) is 15.5. The molecule has 0 unspecified atom stereocenters. The summed E-state index contributed by atoms with van der Waals surface area (Å²) in [5.41, 5.74) is 1.26. The van der Waals surface area contributed by atoms with Gasteiger partial charge in [-0.2, -0.15) is 23.2 Å². The van der Waals surface area contributed by atoms with Crippen LogP contribution < -0.4 is 14.9 Å². The molecule has 3 heterocycles. The van der Waals surface area contributed by atoms with Gasteiger partial charge in [-0.1, -0.05) is 6.92 Å². The summed E-state index contributed by atoms with van der Waals surface area (Å²) < 4.78 is 41.4. The number of hydrogen-bond donors (Lipinski definition) is 1. The van der Waals surface area contributed by atoms with Gasteiger partial charge in [-0.25, -0.2) is 4.98 Å². The number of rotatable bonds is 5. The van der Waals surface area contributed by atoms with E-state index in [-0.39, 0.29) is 42.0 Å². The van der Waals surface area contributed by atoms with Crippen LogP contribution in [0, 0.1) is 6.92 Å². The van der Waals surface area contributed by atoms with Gasteiger partial charge in [0.15, 0.2) is 6.61 Å². The van der Waals surface area contributed by atoms with E-state index in [4.69, 9.17) is 4.84 Å². The minimum Gasteiger partial charge on any atom is -0.468 e. The molecule has 0 radical (unpaired) electrons. The van der Waals surface area contributed by atoms with Gasteiger partial charge in [0.05, 0.1) is 6.54 Å². The number of alkyl halides is 3. The maximum atomic E-state index is 12.8. The van der Waals surface area contributed by atoms with Crippen molar-refractivity contribution in [1.29, 1.82) is 0 Å². The Bertz CT molecular complexity index is 949. The Morgan fingerprint density at radius 1 is 1.28 bits per heavy atom. The fourth-order valence-electron chi connectivity index (χ4n) is 2.52. The van der Waals surface area contributed by atoms with Crippen molar-refractivity contribution in [3.8, 4) is 11.8 Å². The highest BCUT2D eigenvalue weighted by molar-refractivity contribution is 5.96. The van der Waals surface area contributed by atoms with Crippen molar-refractivity contribution >= 4 is 17.6 Å². The zero-order chi connectivity index (χ0) is 21.2. The number of pyridine rings is 2. The smallest absolute Gasteiger partial charge is 0.422 e. The van der Waals surface area contributed by atoms with Gasteiger partial charge < -0.3 is 14.9 Å². The van der Waals surface area contributed by atoms with Crippen molar-refractivity contribution < 1.29 is 32.3 Å². The first-order valence-corrected chi connectivity index (χ1v) is 8.62. The molecule has 0 atom stereocenters. The Hall–Kier alpha value is -3.37. The first-order valence-electron chi connectivity index (χ1n) is 8.62. The molecular weight excluding hydrogens is 393 g/mol. The number of carbonyl (C=O) groups is 2. The van der Waals surface area contributed by atoms with E-state index in [1.54, 1.807) is 13.8 Å². The standard InChI is InChI=1S/C18H17F3N4O4/c1-3-14(26)23-13-7-12(6-10(2)22-13)17(27)25-8-11-4-5-15(24-16(11)29-25)28-9-18(19,20)21/h4-7H,3,8-9H2,1-2H3,(H,22,23,26). The molecule has 29 heavy (non-hydrogen) atoms. The molecule has 1 N–H and O–H groups in total. The predicted molar refractivity (Wildman–Crippen MR) is 94.2 cm³/mol. The lowest BCUT2D eigenvalue weighted by Crippen LogP contribution is -2.29. The number of carbonyl (C=O) groups excluding carboxylic acids is 2. The number of halogens is 3. The van der Waals surface area contributed by atoms with Crippen molar-refractivity contribution in [1.82, 2.24) is 15.0 Å². The molecule has 0 fully saturated rings. The summed E-state index contributed by atoms with van der Waals surface area (Å²) in [6, 6.07) is 5.70. The third-order valence-electron chi connectivity index (χ3n) is 3.82. The highest BCUT2D eigenvalue weighted by atomic mass is 19.4. The van der Waals surface area contributed by atoms with E-state index in [2.05, 4.69) is 20.0 Å². The Morgan fingerprint density at radius 2 is 2.03 bits per heavy atom. The molecule has 0 bridgehead atoms. The number of nitrogens with one attached hydrogen (secondary N) is 1. The molecule has 2 amide bonds. The van der Waals surface area contributed by atoms with Crippen LogP contribution in [0.2, 0.25) is 0 Å². The van der Waals surface area contributed by atoms with Crippen molar-refractivity contribution in [2.24, 2.45) is 0 Å². The van der Waals surface area contributed by atoms with Gasteiger partial charge in [0.1, 0.15) is 5.82 Å². The van der Waals surface area contributed by atoms with Crippen molar-refractivity contribution in [3.05, 3.63) is 41.1 Å². The van der Waals surface area contributed by atoms with E-state index in [1.807, 2.05) is 0 Å². The molecule has 154 valence electrons. The number of aromatic nitrogens is 2. The van der Waals surface area contributed by atoms with Crippen LogP contribution in [0.5, 0.6) is 11.8 Å². The van der Waals surface area contributed by atoms with Gasteiger partial charge >= 0.3 is 6.18 Å². The Labute approximate surface area is 163 Å². The molecule has 1 aliphatic heterocycles. The minimum atomic E-state index is -4.49. The summed E-state index contributed by atoms with van der Waals surface area (Å²) >= 11 is 0. The topological polar surface area (TPSA) is 93.7 Å². The lowest BCUT2D eigenvalue weighted by molar-refractivity contribution is -0.154. The van der Waals surface area contributed by atoms with Crippen LogP contribution in [-0.2, 0) is 11.3 Å². The number of anilines is 1. The third-order valence-corrected chi connectivity index (χ3v) is 3.82. The molecule has 2 aromatic heterocycles. The first-order chi connectivity index (χ1) is 13.6. The summed E-state index contributed by atoms with van der Waals surface area (Å²) in [4.78, 5) is 37.7. The van der Waals surface area contributed by atoms with E-state index in [1.165, 1.54) is 24.3 Å². The SMILES string of the molecule is CCC(=O)Nc1cc(C(=O)N2Cc3ccc(OCC(F)(F)F)nc3O2)cc(C)n1. The van der Waals surface area contributed by atoms with Crippen LogP contribution in [0.1, 0.15) is 35.0 Å². The second-order valence-corrected chi connectivity index (χ2v) is 6.23. The van der Waals surface area contributed by atoms with Gasteiger partial charge in [-0.3, -0.25) is 9.59 Å². The molecule has 0 aromatic carbocycles. The molecule has 3 rings (SSSR count). The molecule has 8 nitrogen and oxygen atoms in total. The van der Waals surface area contributed by atoms with Gasteiger partial charge in [0, 0.05) is 29.3 Å². The van der Waals surface area contributed by atoms with Gasteiger partial charge in [0.2, 0.25) is 11.8 Å². The quantitative estimate of drug-likeness (QED) is 0.815. The van der Waals surface area contributed by atoms with E-state index >= 15 is 0 Å². The Kier molecular flexibility index (Phi) is 5.57.